The molecule has 0 aliphatic heterocycles. The number of benzene rings is 2. The minimum absolute atomic E-state index is 0.0984. The van der Waals surface area contributed by atoms with Crippen LogP contribution in [0.25, 0.3) is 6.08 Å². The second-order valence-corrected chi connectivity index (χ2v) is 5.49. The average molecular weight is 333 g/mol. The van der Waals surface area contributed by atoms with Gasteiger partial charge in [-0.2, -0.15) is 5.26 Å². The van der Waals surface area contributed by atoms with Gasteiger partial charge in [-0.15, -0.1) is 0 Å². The molecule has 0 heterocycles. The number of amides is 2. The summed E-state index contributed by atoms with van der Waals surface area (Å²) in [6.07, 6.45) is 3.13. The number of carbonyl (C=O) groups excluding carboxylic acids is 2. The number of primary amides is 1. The third kappa shape index (κ3) is 5.63. The van der Waals surface area contributed by atoms with Crippen LogP contribution in [0.15, 0.2) is 60.7 Å². The SMILES string of the molecule is N#Cc1ccccc1C=CC(=O)N(CCC(N)=O)Cc1ccccc1. The van der Waals surface area contributed by atoms with E-state index in [4.69, 9.17) is 11.0 Å². The van der Waals surface area contributed by atoms with Gasteiger partial charge in [0.05, 0.1) is 11.6 Å². The fraction of sp³-hybridized carbons (Fsp3) is 0.150. The molecule has 2 rings (SSSR count). The van der Waals surface area contributed by atoms with Crippen molar-refractivity contribution in [2.75, 3.05) is 6.54 Å². The summed E-state index contributed by atoms with van der Waals surface area (Å²) in [6, 6.07) is 18.7. The van der Waals surface area contributed by atoms with Crippen molar-refractivity contribution in [1.29, 1.82) is 5.26 Å². The standard InChI is InChI=1S/C20H19N3O2/c21-14-18-9-5-4-8-17(18)10-11-20(25)23(13-12-19(22)24)15-16-6-2-1-3-7-16/h1-11H,12-13,15H2,(H2,22,24). The van der Waals surface area contributed by atoms with E-state index in [9.17, 15) is 9.59 Å². The van der Waals surface area contributed by atoms with E-state index in [0.29, 0.717) is 17.7 Å². The van der Waals surface area contributed by atoms with Gasteiger partial charge in [-0.1, -0.05) is 48.5 Å². The van der Waals surface area contributed by atoms with Crippen LogP contribution < -0.4 is 5.73 Å². The fourth-order valence-electron chi connectivity index (χ4n) is 2.33. The third-order valence-corrected chi connectivity index (χ3v) is 3.64. The van der Waals surface area contributed by atoms with Crippen molar-refractivity contribution >= 4 is 17.9 Å². The quantitative estimate of drug-likeness (QED) is 0.790. The molecule has 5 heteroatoms. The first-order valence-corrected chi connectivity index (χ1v) is 7.88. The number of carbonyl (C=O) groups is 2. The Kier molecular flexibility index (Phi) is 6.49. The maximum Gasteiger partial charge on any atom is 0.246 e. The van der Waals surface area contributed by atoms with Gasteiger partial charge in [0, 0.05) is 25.6 Å². The molecule has 0 bridgehead atoms. The van der Waals surface area contributed by atoms with Crippen LogP contribution in [0.4, 0.5) is 0 Å². The molecule has 0 saturated heterocycles. The van der Waals surface area contributed by atoms with Crippen LogP contribution in [0.5, 0.6) is 0 Å². The Bertz CT molecular complexity index is 807. The molecular formula is C20H19N3O2. The van der Waals surface area contributed by atoms with Gasteiger partial charge in [-0.25, -0.2) is 0 Å². The summed E-state index contributed by atoms with van der Waals surface area (Å²) in [5.41, 5.74) is 7.34. The summed E-state index contributed by atoms with van der Waals surface area (Å²) in [5, 5.41) is 9.10. The molecule has 2 aromatic carbocycles. The molecule has 0 spiro atoms. The molecule has 0 aromatic heterocycles. The largest absolute Gasteiger partial charge is 0.370 e. The van der Waals surface area contributed by atoms with Crippen LogP contribution in [-0.4, -0.2) is 23.3 Å². The van der Waals surface area contributed by atoms with Gasteiger partial charge in [0.2, 0.25) is 11.8 Å². The molecule has 0 aliphatic rings. The Balaban J connectivity index is 2.15. The van der Waals surface area contributed by atoms with Gasteiger partial charge in [-0.05, 0) is 23.3 Å². The predicted molar refractivity (Wildman–Crippen MR) is 95.9 cm³/mol. The van der Waals surface area contributed by atoms with Crippen molar-refractivity contribution in [2.24, 2.45) is 5.73 Å². The van der Waals surface area contributed by atoms with Crippen LogP contribution in [0, 0.1) is 11.3 Å². The second-order valence-electron chi connectivity index (χ2n) is 5.49. The van der Waals surface area contributed by atoms with E-state index >= 15 is 0 Å². The predicted octanol–water partition coefficient (Wildman–Crippen LogP) is 2.48. The lowest BCUT2D eigenvalue weighted by molar-refractivity contribution is -0.127. The van der Waals surface area contributed by atoms with Gasteiger partial charge in [0.25, 0.3) is 0 Å². The highest BCUT2D eigenvalue weighted by Gasteiger charge is 2.12. The summed E-state index contributed by atoms with van der Waals surface area (Å²) in [6.45, 7) is 0.629. The van der Waals surface area contributed by atoms with Crippen LogP contribution in [-0.2, 0) is 16.1 Å². The molecular weight excluding hydrogens is 314 g/mol. The van der Waals surface area contributed by atoms with E-state index in [0.717, 1.165) is 5.56 Å². The molecule has 0 radical (unpaired) electrons. The van der Waals surface area contributed by atoms with Crippen molar-refractivity contribution in [3.8, 4) is 6.07 Å². The Morgan fingerprint density at radius 3 is 2.44 bits per heavy atom. The van der Waals surface area contributed by atoms with E-state index in [1.54, 1.807) is 35.2 Å². The van der Waals surface area contributed by atoms with Crippen LogP contribution in [0.2, 0.25) is 0 Å². The second kappa shape index (κ2) is 9.04. The lowest BCUT2D eigenvalue weighted by Gasteiger charge is -2.20. The van der Waals surface area contributed by atoms with Crippen LogP contribution in [0.3, 0.4) is 0 Å². The first-order chi connectivity index (χ1) is 12.1. The molecule has 126 valence electrons. The number of hydrogen-bond donors (Lipinski definition) is 1. The molecule has 0 unspecified atom stereocenters. The number of nitriles is 1. The number of nitrogens with two attached hydrogens (primary N) is 1. The highest BCUT2D eigenvalue weighted by molar-refractivity contribution is 5.92. The van der Waals surface area contributed by atoms with E-state index < -0.39 is 5.91 Å². The molecule has 2 amide bonds. The van der Waals surface area contributed by atoms with Gasteiger partial charge in [0.1, 0.15) is 0 Å². The summed E-state index contributed by atoms with van der Waals surface area (Å²) in [4.78, 5) is 25.2. The Morgan fingerprint density at radius 2 is 1.76 bits per heavy atom. The summed E-state index contributed by atoms with van der Waals surface area (Å²) in [7, 11) is 0. The molecule has 0 fully saturated rings. The van der Waals surface area contributed by atoms with Crippen molar-refractivity contribution in [3.05, 3.63) is 77.4 Å². The van der Waals surface area contributed by atoms with Gasteiger partial charge < -0.3 is 10.6 Å². The highest BCUT2D eigenvalue weighted by atomic mass is 16.2. The van der Waals surface area contributed by atoms with Crippen LogP contribution >= 0.6 is 0 Å². The lowest BCUT2D eigenvalue weighted by atomic mass is 10.1. The normalized spacial score (nSPS) is 10.4. The molecule has 2 aromatic rings. The van der Waals surface area contributed by atoms with E-state index in [2.05, 4.69) is 6.07 Å². The first kappa shape index (κ1) is 18.0. The molecule has 5 nitrogen and oxygen atoms in total. The maximum atomic E-state index is 12.5. The van der Waals surface area contributed by atoms with Crippen molar-refractivity contribution in [1.82, 2.24) is 4.90 Å². The van der Waals surface area contributed by atoms with E-state index in [1.165, 1.54) is 6.08 Å². The van der Waals surface area contributed by atoms with Crippen molar-refractivity contribution in [2.45, 2.75) is 13.0 Å². The highest BCUT2D eigenvalue weighted by Crippen LogP contribution is 2.11. The zero-order valence-corrected chi connectivity index (χ0v) is 13.8. The third-order valence-electron chi connectivity index (χ3n) is 3.64. The number of nitrogens with zero attached hydrogens (tertiary/aromatic N) is 2. The molecule has 0 atom stereocenters. The lowest BCUT2D eigenvalue weighted by Crippen LogP contribution is -2.32. The van der Waals surface area contributed by atoms with Crippen molar-refractivity contribution in [3.63, 3.8) is 0 Å². The first-order valence-electron chi connectivity index (χ1n) is 7.88. The smallest absolute Gasteiger partial charge is 0.246 e. The molecule has 0 aliphatic carbocycles. The molecule has 0 saturated carbocycles. The zero-order valence-electron chi connectivity index (χ0n) is 13.8. The summed E-state index contributed by atoms with van der Waals surface area (Å²) < 4.78 is 0. The van der Waals surface area contributed by atoms with E-state index in [1.807, 2.05) is 30.3 Å². The Labute approximate surface area is 147 Å². The summed E-state index contributed by atoms with van der Waals surface area (Å²) in [5.74, 6) is -0.692. The Hall–Kier alpha value is -3.39. The van der Waals surface area contributed by atoms with Crippen LogP contribution in [0.1, 0.15) is 23.1 Å². The fourth-order valence-corrected chi connectivity index (χ4v) is 2.33. The average Bonchev–Trinajstić information content (AvgIpc) is 2.64. The van der Waals surface area contributed by atoms with Gasteiger partial charge in [0.15, 0.2) is 0 Å². The minimum Gasteiger partial charge on any atom is -0.370 e. The topological polar surface area (TPSA) is 87.2 Å². The number of hydrogen-bond acceptors (Lipinski definition) is 3. The zero-order chi connectivity index (χ0) is 18.1. The van der Waals surface area contributed by atoms with Gasteiger partial charge >= 0.3 is 0 Å². The van der Waals surface area contributed by atoms with Gasteiger partial charge in [-0.3, -0.25) is 9.59 Å². The summed E-state index contributed by atoms with van der Waals surface area (Å²) >= 11 is 0. The maximum absolute atomic E-state index is 12.5. The minimum atomic E-state index is -0.454. The monoisotopic (exact) mass is 333 g/mol. The molecule has 25 heavy (non-hydrogen) atoms. The number of rotatable bonds is 7. The van der Waals surface area contributed by atoms with Crippen molar-refractivity contribution < 1.29 is 9.59 Å². The van der Waals surface area contributed by atoms with E-state index in [-0.39, 0.29) is 18.9 Å². The Morgan fingerprint density at radius 1 is 1.08 bits per heavy atom. The molecule has 2 N–H and O–H groups in total.